The van der Waals surface area contributed by atoms with Crippen molar-refractivity contribution in [2.75, 3.05) is 21.3 Å². The van der Waals surface area contributed by atoms with Crippen molar-refractivity contribution in [3.63, 3.8) is 0 Å². The van der Waals surface area contributed by atoms with Gasteiger partial charge in [0.2, 0.25) is 5.75 Å². The zero-order valence-corrected chi connectivity index (χ0v) is 17.0. The molecule has 0 bridgehead atoms. The first kappa shape index (κ1) is 18.2. The Hall–Kier alpha value is -3.86. The normalized spacial score (nSPS) is 11.2. The molecule has 0 aliphatic carbocycles. The van der Waals surface area contributed by atoms with Crippen molar-refractivity contribution in [1.82, 2.24) is 9.97 Å². The summed E-state index contributed by atoms with van der Waals surface area (Å²) in [6.07, 6.45) is 0. The first-order valence-electron chi connectivity index (χ1n) is 9.62. The van der Waals surface area contributed by atoms with Crippen molar-refractivity contribution in [1.29, 1.82) is 0 Å². The lowest BCUT2D eigenvalue weighted by molar-refractivity contribution is 0.327. The molecule has 5 heteroatoms. The Balaban J connectivity index is 2.03. The number of rotatable bonds is 4. The number of benzene rings is 4. The molecule has 5 nitrogen and oxygen atoms in total. The molecule has 0 radical (unpaired) electrons. The van der Waals surface area contributed by atoms with Crippen molar-refractivity contribution >= 4 is 32.8 Å². The van der Waals surface area contributed by atoms with Crippen LogP contribution in [0, 0.1) is 0 Å². The van der Waals surface area contributed by atoms with Gasteiger partial charge in [0.15, 0.2) is 11.5 Å². The highest BCUT2D eigenvalue weighted by molar-refractivity contribution is 6.16. The zero-order chi connectivity index (χ0) is 20.7. The number of nitrogens with zero attached hydrogens (tertiary/aromatic N) is 2. The summed E-state index contributed by atoms with van der Waals surface area (Å²) in [5.74, 6) is 1.75. The minimum absolute atomic E-state index is 0.553. The summed E-state index contributed by atoms with van der Waals surface area (Å²) in [7, 11) is 4.87. The molecule has 0 atom stereocenters. The lowest BCUT2D eigenvalue weighted by atomic mass is 9.95. The van der Waals surface area contributed by atoms with Gasteiger partial charge < -0.3 is 14.2 Å². The van der Waals surface area contributed by atoms with Gasteiger partial charge in [-0.15, -0.1) is 0 Å². The van der Waals surface area contributed by atoms with Crippen LogP contribution in [0.4, 0.5) is 0 Å². The van der Waals surface area contributed by atoms with Gasteiger partial charge in [-0.05, 0) is 35.4 Å². The van der Waals surface area contributed by atoms with Gasteiger partial charge in [-0.25, -0.2) is 9.97 Å². The number of para-hydroxylation sites is 2. The van der Waals surface area contributed by atoms with Gasteiger partial charge >= 0.3 is 0 Å². The summed E-state index contributed by atoms with van der Waals surface area (Å²) in [6, 6.07) is 22.1. The molecule has 0 aliphatic rings. The van der Waals surface area contributed by atoms with Crippen LogP contribution in [0.2, 0.25) is 0 Å². The van der Waals surface area contributed by atoms with Gasteiger partial charge in [0, 0.05) is 10.8 Å². The standard InChI is InChI=1S/C25H20N2O3/c1-28-21-14-17-22(25(30-3)24(21)29-2)16(15-9-5-4-6-10-15)13-20-23(17)27-19-12-8-7-11-18(19)26-20/h4-14H,1-3H3. The van der Waals surface area contributed by atoms with E-state index in [1.165, 1.54) is 0 Å². The summed E-state index contributed by atoms with van der Waals surface area (Å²) >= 11 is 0. The van der Waals surface area contributed by atoms with Gasteiger partial charge in [-0.2, -0.15) is 0 Å². The van der Waals surface area contributed by atoms with Crippen LogP contribution in [0.15, 0.2) is 66.7 Å². The summed E-state index contributed by atoms with van der Waals surface area (Å²) in [6.45, 7) is 0. The largest absolute Gasteiger partial charge is 0.493 e. The molecule has 0 amide bonds. The topological polar surface area (TPSA) is 53.5 Å². The van der Waals surface area contributed by atoms with E-state index >= 15 is 0 Å². The summed E-state index contributed by atoms with van der Waals surface area (Å²) in [5.41, 5.74) is 5.37. The lowest BCUT2D eigenvalue weighted by Crippen LogP contribution is -1.99. The van der Waals surface area contributed by atoms with Crippen molar-refractivity contribution in [2.45, 2.75) is 0 Å². The van der Waals surface area contributed by atoms with E-state index < -0.39 is 0 Å². The quantitative estimate of drug-likeness (QED) is 0.291. The average molecular weight is 396 g/mol. The molecule has 5 rings (SSSR count). The maximum atomic E-state index is 5.84. The number of hydrogen-bond donors (Lipinski definition) is 0. The first-order chi connectivity index (χ1) is 14.7. The zero-order valence-electron chi connectivity index (χ0n) is 17.0. The molecular weight excluding hydrogens is 376 g/mol. The molecule has 0 spiro atoms. The molecule has 0 saturated carbocycles. The van der Waals surface area contributed by atoms with Crippen LogP contribution >= 0.6 is 0 Å². The molecule has 148 valence electrons. The van der Waals surface area contributed by atoms with Crippen LogP contribution in [-0.4, -0.2) is 31.3 Å². The molecule has 1 aromatic heterocycles. The number of aromatic nitrogens is 2. The van der Waals surface area contributed by atoms with Crippen LogP contribution in [-0.2, 0) is 0 Å². The van der Waals surface area contributed by atoms with Crippen LogP contribution in [0.3, 0.4) is 0 Å². The molecule has 0 unspecified atom stereocenters. The molecule has 30 heavy (non-hydrogen) atoms. The number of fused-ring (bicyclic) bond motifs is 4. The maximum Gasteiger partial charge on any atom is 0.203 e. The fourth-order valence-corrected chi connectivity index (χ4v) is 3.98. The third kappa shape index (κ3) is 2.70. The smallest absolute Gasteiger partial charge is 0.203 e. The average Bonchev–Trinajstić information content (AvgIpc) is 2.81. The lowest BCUT2D eigenvalue weighted by Gasteiger charge is -2.18. The van der Waals surface area contributed by atoms with Crippen LogP contribution in [0.1, 0.15) is 0 Å². The predicted octanol–water partition coefficient (Wildman–Crippen LogP) is 5.63. The minimum atomic E-state index is 0.553. The predicted molar refractivity (Wildman–Crippen MR) is 120 cm³/mol. The minimum Gasteiger partial charge on any atom is -0.493 e. The molecular formula is C25H20N2O3. The Morgan fingerprint density at radius 2 is 1.30 bits per heavy atom. The Kier molecular flexibility index (Phi) is 4.36. The van der Waals surface area contributed by atoms with E-state index in [1.807, 2.05) is 48.5 Å². The van der Waals surface area contributed by atoms with E-state index in [9.17, 15) is 0 Å². The monoisotopic (exact) mass is 396 g/mol. The van der Waals surface area contributed by atoms with Crippen LogP contribution in [0.25, 0.3) is 44.0 Å². The van der Waals surface area contributed by atoms with Crippen molar-refractivity contribution in [3.8, 4) is 28.4 Å². The second-order valence-electron chi connectivity index (χ2n) is 6.94. The maximum absolute atomic E-state index is 5.84. The molecule has 0 saturated heterocycles. The van der Waals surface area contributed by atoms with Crippen molar-refractivity contribution in [2.24, 2.45) is 0 Å². The third-order valence-electron chi connectivity index (χ3n) is 5.32. The molecule has 1 heterocycles. The van der Waals surface area contributed by atoms with E-state index in [2.05, 4.69) is 18.2 Å². The molecule has 0 N–H and O–H groups in total. The fourth-order valence-electron chi connectivity index (χ4n) is 3.98. The molecule has 5 aromatic rings. The number of ether oxygens (including phenoxy) is 3. The Morgan fingerprint density at radius 1 is 0.633 bits per heavy atom. The molecule has 0 fully saturated rings. The van der Waals surface area contributed by atoms with E-state index in [1.54, 1.807) is 21.3 Å². The Morgan fingerprint density at radius 3 is 1.97 bits per heavy atom. The van der Waals surface area contributed by atoms with Crippen molar-refractivity contribution in [3.05, 3.63) is 66.7 Å². The van der Waals surface area contributed by atoms with Gasteiger partial charge in [0.05, 0.1) is 43.4 Å². The van der Waals surface area contributed by atoms with Gasteiger partial charge in [0.25, 0.3) is 0 Å². The fraction of sp³-hybridized carbons (Fsp3) is 0.120. The summed E-state index contributed by atoms with van der Waals surface area (Å²) < 4.78 is 17.1. The molecule has 0 aliphatic heterocycles. The van der Waals surface area contributed by atoms with Gasteiger partial charge in [0.1, 0.15) is 0 Å². The highest BCUT2D eigenvalue weighted by Crippen LogP contribution is 2.48. The Bertz CT molecular complexity index is 1400. The highest BCUT2D eigenvalue weighted by Gasteiger charge is 2.22. The number of hydrogen-bond acceptors (Lipinski definition) is 5. The number of methoxy groups -OCH3 is 3. The summed E-state index contributed by atoms with van der Waals surface area (Å²) in [4.78, 5) is 9.82. The third-order valence-corrected chi connectivity index (χ3v) is 5.32. The molecule has 4 aromatic carbocycles. The van der Waals surface area contributed by atoms with E-state index in [0.29, 0.717) is 17.2 Å². The van der Waals surface area contributed by atoms with E-state index in [-0.39, 0.29) is 0 Å². The SMILES string of the molecule is COc1cc2c(c(-c3ccccc3)cc3nc4ccccc4nc32)c(OC)c1OC. The summed E-state index contributed by atoms with van der Waals surface area (Å²) in [5, 5.41) is 1.82. The van der Waals surface area contributed by atoms with Crippen LogP contribution < -0.4 is 14.2 Å². The second-order valence-corrected chi connectivity index (χ2v) is 6.94. The Labute approximate surface area is 173 Å². The highest BCUT2D eigenvalue weighted by atomic mass is 16.5. The van der Waals surface area contributed by atoms with E-state index in [4.69, 9.17) is 24.2 Å². The van der Waals surface area contributed by atoms with Crippen molar-refractivity contribution < 1.29 is 14.2 Å². The van der Waals surface area contributed by atoms with Gasteiger partial charge in [-0.1, -0.05) is 42.5 Å². The van der Waals surface area contributed by atoms with Crippen LogP contribution in [0.5, 0.6) is 17.2 Å². The second kappa shape index (κ2) is 7.19. The van der Waals surface area contributed by atoms with E-state index in [0.717, 1.165) is 44.0 Å². The van der Waals surface area contributed by atoms with Gasteiger partial charge in [-0.3, -0.25) is 0 Å². The first-order valence-corrected chi connectivity index (χ1v) is 9.62.